The van der Waals surface area contributed by atoms with Gasteiger partial charge in [-0.1, -0.05) is 29.3 Å². The van der Waals surface area contributed by atoms with Crippen LogP contribution in [0.25, 0.3) is 10.9 Å². The van der Waals surface area contributed by atoms with E-state index in [0.717, 1.165) is 12.2 Å². The number of aromatic nitrogens is 1. The van der Waals surface area contributed by atoms with E-state index in [2.05, 4.69) is 54.9 Å². The van der Waals surface area contributed by atoms with E-state index in [1.54, 1.807) is 0 Å². The summed E-state index contributed by atoms with van der Waals surface area (Å²) in [4.78, 5) is 0. The Balaban J connectivity index is 2.01. The molecule has 1 heterocycles. The van der Waals surface area contributed by atoms with E-state index in [0.29, 0.717) is 0 Å². The van der Waals surface area contributed by atoms with Crippen LogP contribution in [0, 0.1) is 13.8 Å². The second kappa shape index (κ2) is 4.47. The zero-order valence-electron chi connectivity index (χ0n) is 11.4. The van der Waals surface area contributed by atoms with E-state index in [4.69, 9.17) is 5.73 Å². The molecule has 96 valence electrons. The Morgan fingerprint density at radius 1 is 0.947 bits per heavy atom. The van der Waals surface area contributed by atoms with Crippen molar-refractivity contribution in [3.63, 3.8) is 0 Å². The summed E-state index contributed by atoms with van der Waals surface area (Å²) in [5.74, 6) is 0. The number of hydrogen-bond acceptors (Lipinski definition) is 1. The molecule has 0 radical (unpaired) electrons. The van der Waals surface area contributed by atoms with E-state index < -0.39 is 0 Å². The molecule has 2 nitrogen and oxygen atoms in total. The zero-order chi connectivity index (χ0) is 13.4. The highest BCUT2D eigenvalue weighted by Crippen LogP contribution is 2.20. The Hall–Kier alpha value is -2.22. The first kappa shape index (κ1) is 11.8. The van der Waals surface area contributed by atoms with Crippen molar-refractivity contribution in [2.45, 2.75) is 20.4 Å². The molecule has 0 aliphatic rings. The third-order valence-electron chi connectivity index (χ3n) is 3.43. The maximum Gasteiger partial charge on any atom is 0.0484 e. The highest BCUT2D eigenvalue weighted by atomic mass is 14.9. The largest absolute Gasteiger partial charge is 0.399 e. The maximum absolute atomic E-state index is 5.82. The standard InChI is InChI=1S/C17H18N2/c1-12-7-13(2)9-14(8-12)11-19-6-5-15-10-16(18)3-4-17(15)19/h3-10H,11,18H2,1-2H3. The van der Waals surface area contributed by atoms with Crippen LogP contribution >= 0.6 is 0 Å². The zero-order valence-corrected chi connectivity index (χ0v) is 11.4. The Morgan fingerprint density at radius 2 is 1.68 bits per heavy atom. The van der Waals surface area contributed by atoms with Crippen LogP contribution in [0.15, 0.2) is 48.7 Å². The van der Waals surface area contributed by atoms with Crippen LogP contribution in [-0.2, 0) is 6.54 Å². The highest BCUT2D eigenvalue weighted by molar-refractivity contribution is 5.83. The van der Waals surface area contributed by atoms with Gasteiger partial charge in [0.25, 0.3) is 0 Å². The van der Waals surface area contributed by atoms with Gasteiger partial charge in [-0.25, -0.2) is 0 Å². The average molecular weight is 250 g/mol. The molecule has 0 saturated carbocycles. The molecule has 0 bridgehead atoms. The van der Waals surface area contributed by atoms with Crippen LogP contribution in [0.2, 0.25) is 0 Å². The number of nitrogens with zero attached hydrogens (tertiary/aromatic N) is 1. The first-order chi connectivity index (χ1) is 9.11. The summed E-state index contributed by atoms with van der Waals surface area (Å²) in [6.07, 6.45) is 2.13. The summed E-state index contributed by atoms with van der Waals surface area (Å²) in [6.45, 7) is 5.19. The number of aryl methyl sites for hydroxylation is 2. The highest BCUT2D eigenvalue weighted by Gasteiger charge is 2.03. The minimum atomic E-state index is 0.816. The normalized spacial score (nSPS) is 11.1. The van der Waals surface area contributed by atoms with Crippen LogP contribution in [0.4, 0.5) is 5.69 Å². The van der Waals surface area contributed by atoms with Crippen molar-refractivity contribution < 1.29 is 0 Å². The van der Waals surface area contributed by atoms with Crippen LogP contribution < -0.4 is 5.73 Å². The van der Waals surface area contributed by atoms with Gasteiger partial charge in [0.15, 0.2) is 0 Å². The maximum atomic E-state index is 5.82. The van der Waals surface area contributed by atoms with Crippen LogP contribution in [0.5, 0.6) is 0 Å². The Bertz CT molecular complexity index is 718. The van der Waals surface area contributed by atoms with Crippen molar-refractivity contribution in [2.75, 3.05) is 5.73 Å². The van der Waals surface area contributed by atoms with Gasteiger partial charge in [0.05, 0.1) is 0 Å². The van der Waals surface area contributed by atoms with Gasteiger partial charge in [-0.2, -0.15) is 0 Å². The van der Waals surface area contributed by atoms with Gasteiger partial charge in [0.2, 0.25) is 0 Å². The summed E-state index contributed by atoms with van der Waals surface area (Å²) >= 11 is 0. The molecule has 2 heteroatoms. The van der Waals surface area contributed by atoms with E-state index in [9.17, 15) is 0 Å². The van der Waals surface area contributed by atoms with Crippen molar-refractivity contribution in [1.82, 2.24) is 4.57 Å². The number of fused-ring (bicyclic) bond motifs is 1. The number of nitrogens with two attached hydrogens (primary N) is 1. The molecule has 3 rings (SSSR count). The minimum Gasteiger partial charge on any atom is -0.399 e. The van der Waals surface area contributed by atoms with Gasteiger partial charge in [-0.3, -0.25) is 0 Å². The van der Waals surface area contributed by atoms with Crippen molar-refractivity contribution in [2.24, 2.45) is 0 Å². The molecule has 0 fully saturated rings. The second-order valence-corrected chi connectivity index (χ2v) is 5.26. The quantitative estimate of drug-likeness (QED) is 0.687. The van der Waals surface area contributed by atoms with Gasteiger partial charge in [-0.15, -0.1) is 0 Å². The fourth-order valence-electron chi connectivity index (χ4n) is 2.71. The molecule has 19 heavy (non-hydrogen) atoms. The molecular formula is C17H18N2. The fourth-order valence-corrected chi connectivity index (χ4v) is 2.71. The monoisotopic (exact) mass is 250 g/mol. The molecule has 0 spiro atoms. The van der Waals surface area contributed by atoms with Gasteiger partial charge in [0.1, 0.15) is 0 Å². The van der Waals surface area contributed by atoms with Crippen molar-refractivity contribution in [1.29, 1.82) is 0 Å². The topological polar surface area (TPSA) is 30.9 Å². The lowest BCUT2D eigenvalue weighted by atomic mass is 10.1. The summed E-state index contributed by atoms with van der Waals surface area (Å²) in [5.41, 5.74) is 11.8. The number of benzene rings is 2. The van der Waals surface area contributed by atoms with E-state index in [1.165, 1.54) is 27.6 Å². The van der Waals surface area contributed by atoms with Gasteiger partial charge < -0.3 is 10.3 Å². The molecule has 0 atom stereocenters. The Labute approximate surface area is 113 Å². The van der Waals surface area contributed by atoms with Gasteiger partial charge >= 0.3 is 0 Å². The lowest BCUT2D eigenvalue weighted by Crippen LogP contribution is -1.99. The SMILES string of the molecule is Cc1cc(C)cc(Cn2ccc3cc(N)ccc32)c1. The third-order valence-corrected chi connectivity index (χ3v) is 3.43. The number of anilines is 1. The van der Waals surface area contributed by atoms with Crippen molar-refractivity contribution in [3.8, 4) is 0 Å². The molecule has 0 amide bonds. The molecule has 1 aromatic heterocycles. The molecular weight excluding hydrogens is 232 g/mol. The molecule has 2 N–H and O–H groups in total. The molecule has 0 aliphatic carbocycles. The summed E-state index contributed by atoms with van der Waals surface area (Å²) < 4.78 is 2.27. The van der Waals surface area contributed by atoms with Crippen molar-refractivity contribution in [3.05, 3.63) is 65.4 Å². The predicted molar refractivity (Wildman–Crippen MR) is 81.4 cm³/mol. The number of rotatable bonds is 2. The van der Waals surface area contributed by atoms with Crippen LogP contribution in [0.1, 0.15) is 16.7 Å². The van der Waals surface area contributed by atoms with Gasteiger partial charge in [-0.05, 0) is 43.7 Å². The molecule has 3 aromatic rings. The Kier molecular flexibility index (Phi) is 2.79. The van der Waals surface area contributed by atoms with Crippen LogP contribution in [-0.4, -0.2) is 4.57 Å². The average Bonchev–Trinajstić information content (AvgIpc) is 2.70. The fraction of sp³-hybridized carbons (Fsp3) is 0.176. The molecule has 2 aromatic carbocycles. The number of nitrogen functional groups attached to an aromatic ring is 1. The van der Waals surface area contributed by atoms with Crippen molar-refractivity contribution >= 4 is 16.6 Å². The van der Waals surface area contributed by atoms with E-state index >= 15 is 0 Å². The molecule has 0 aliphatic heterocycles. The Morgan fingerprint density at radius 3 is 2.42 bits per heavy atom. The number of hydrogen-bond donors (Lipinski definition) is 1. The molecule has 0 saturated heterocycles. The third kappa shape index (κ3) is 2.34. The summed E-state index contributed by atoms with van der Waals surface area (Å²) in [6, 6.07) is 14.9. The lowest BCUT2D eigenvalue weighted by Gasteiger charge is -2.08. The van der Waals surface area contributed by atoms with Gasteiger partial charge in [0, 0.05) is 29.3 Å². The smallest absolute Gasteiger partial charge is 0.0484 e. The predicted octanol–water partition coefficient (Wildman–Crippen LogP) is 3.89. The first-order valence-corrected chi connectivity index (χ1v) is 6.53. The lowest BCUT2D eigenvalue weighted by molar-refractivity contribution is 0.835. The van der Waals surface area contributed by atoms with E-state index in [-0.39, 0.29) is 0 Å². The van der Waals surface area contributed by atoms with Crippen LogP contribution in [0.3, 0.4) is 0 Å². The summed E-state index contributed by atoms with van der Waals surface area (Å²) in [5, 5.41) is 1.20. The second-order valence-electron chi connectivity index (χ2n) is 5.26. The molecule has 0 unspecified atom stereocenters. The first-order valence-electron chi connectivity index (χ1n) is 6.53. The van der Waals surface area contributed by atoms with E-state index in [1.807, 2.05) is 12.1 Å². The summed E-state index contributed by atoms with van der Waals surface area (Å²) in [7, 11) is 0. The minimum absolute atomic E-state index is 0.816.